The molecule has 0 saturated heterocycles. The predicted octanol–water partition coefficient (Wildman–Crippen LogP) is 17.0. The maximum atomic E-state index is 12.8. The van der Waals surface area contributed by atoms with Crippen LogP contribution in [0, 0.1) is 0 Å². The van der Waals surface area contributed by atoms with E-state index in [1.54, 1.807) is 0 Å². The Morgan fingerprint density at radius 2 is 0.603 bits per heavy atom. The molecule has 0 aliphatic rings. The van der Waals surface area contributed by atoms with Gasteiger partial charge in [0.2, 0.25) is 0 Å². The molecule has 6 heteroatoms. The summed E-state index contributed by atoms with van der Waals surface area (Å²) >= 11 is 0. The number of ether oxygens (including phenoxy) is 3. The molecule has 0 heterocycles. The van der Waals surface area contributed by atoms with Gasteiger partial charge in [0.1, 0.15) is 13.2 Å². The lowest BCUT2D eigenvalue weighted by molar-refractivity contribution is -0.167. The molecule has 0 aromatic heterocycles. The van der Waals surface area contributed by atoms with Crippen molar-refractivity contribution < 1.29 is 28.6 Å². The molecule has 0 aliphatic carbocycles. The van der Waals surface area contributed by atoms with Crippen molar-refractivity contribution in [2.24, 2.45) is 0 Å². The highest BCUT2D eigenvalue weighted by Crippen LogP contribution is 2.12. The summed E-state index contributed by atoms with van der Waals surface area (Å²) in [6, 6.07) is 0. The smallest absolute Gasteiger partial charge is 0.306 e. The lowest BCUT2D eigenvalue weighted by atomic mass is 10.1. The van der Waals surface area contributed by atoms with E-state index in [9.17, 15) is 14.4 Å². The van der Waals surface area contributed by atoms with E-state index in [1.165, 1.54) is 96.3 Å². The summed E-state index contributed by atoms with van der Waals surface area (Å²) in [5.41, 5.74) is 0. The summed E-state index contributed by atoms with van der Waals surface area (Å²) in [6.07, 6.45) is 66.9. The van der Waals surface area contributed by atoms with Crippen molar-refractivity contribution in [1.29, 1.82) is 0 Å². The second kappa shape index (κ2) is 51.0. The minimum absolute atomic E-state index is 0.120. The van der Waals surface area contributed by atoms with Gasteiger partial charge in [-0.3, -0.25) is 14.4 Å². The third-order valence-electron chi connectivity index (χ3n) is 10.5. The van der Waals surface area contributed by atoms with Gasteiger partial charge in [-0.1, -0.05) is 195 Å². The lowest BCUT2D eigenvalue weighted by Gasteiger charge is -2.18. The number of unbranched alkanes of at least 4 members (excludes halogenated alkanes) is 18. The summed E-state index contributed by atoms with van der Waals surface area (Å²) in [7, 11) is 0. The van der Waals surface area contributed by atoms with Gasteiger partial charge in [0.05, 0.1) is 0 Å². The third-order valence-corrected chi connectivity index (χ3v) is 10.5. The van der Waals surface area contributed by atoms with Gasteiger partial charge in [-0.25, -0.2) is 0 Å². The van der Waals surface area contributed by atoms with E-state index in [0.717, 1.165) is 77.0 Å². The minimum atomic E-state index is -0.829. The number of rotatable bonds is 45. The summed E-state index contributed by atoms with van der Waals surface area (Å²) in [5.74, 6) is -1.05. The Labute approximate surface area is 387 Å². The average molecular weight is 875 g/mol. The van der Waals surface area contributed by atoms with E-state index < -0.39 is 6.10 Å². The second-order valence-electron chi connectivity index (χ2n) is 16.7. The molecule has 0 aliphatic heterocycles. The highest BCUT2D eigenvalue weighted by atomic mass is 16.6. The zero-order valence-electron chi connectivity index (χ0n) is 40.8. The van der Waals surface area contributed by atoms with Crippen molar-refractivity contribution in [3.63, 3.8) is 0 Å². The fourth-order valence-corrected chi connectivity index (χ4v) is 6.61. The van der Waals surface area contributed by atoms with Gasteiger partial charge in [0.15, 0.2) is 6.10 Å². The van der Waals surface area contributed by atoms with Gasteiger partial charge in [-0.2, -0.15) is 0 Å². The normalized spacial score (nSPS) is 12.9. The average Bonchev–Trinajstić information content (AvgIpc) is 3.28. The van der Waals surface area contributed by atoms with Crippen molar-refractivity contribution in [2.75, 3.05) is 13.2 Å². The van der Waals surface area contributed by atoms with Crippen LogP contribution in [0.25, 0.3) is 0 Å². The van der Waals surface area contributed by atoms with Crippen molar-refractivity contribution in [3.8, 4) is 0 Å². The molecule has 0 N–H and O–H groups in total. The van der Waals surface area contributed by atoms with Gasteiger partial charge in [-0.05, 0) is 109 Å². The Morgan fingerprint density at radius 3 is 1.05 bits per heavy atom. The Kier molecular flexibility index (Phi) is 48.0. The first-order valence-electron chi connectivity index (χ1n) is 25.7. The molecule has 0 rings (SSSR count). The maximum absolute atomic E-state index is 12.8. The van der Waals surface area contributed by atoms with Crippen LogP contribution in [-0.4, -0.2) is 37.2 Å². The van der Waals surface area contributed by atoms with Crippen molar-refractivity contribution >= 4 is 17.9 Å². The first-order valence-corrected chi connectivity index (χ1v) is 25.7. The van der Waals surface area contributed by atoms with Crippen LogP contribution in [0.4, 0.5) is 0 Å². The molecule has 0 spiro atoms. The van der Waals surface area contributed by atoms with Crippen LogP contribution in [0.15, 0.2) is 97.2 Å². The monoisotopic (exact) mass is 875 g/mol. The van der Waals surface area contributed by atoms with Gasteiger partial charge in [0, 0.05) is 19.3 Å². The Balaban J connectivity index is 4.56. The second-order valence-corrected chi connectivity index (χ2v) is 16.7. The highest BCUT2D eigenvalue weighted by Gasteiger charge is 2.19. The van der Waals surface area contributed by atoms with Crippen molar-refractivity contribution in [3.05, 3.63) is 97.2 Å². The largest absolute Gasteiger partial charge is 0.462 e. The quantitative estimate of drug-likeness (QED) is 0.0262. The topological polar surface area (TPSA) is 78.9 Å². The molecule has 358 valence electrons. The molecule has 0 amide bonds. The van der Waals surface area contributed by atoms with Crippen LogP contribution in [0.1, 0.15) is 226 Å². The molecule has 0 unspecified atom stereocenters. The number of carbonyl (C=O) groups is 3. The molecule has 0 aromatic carbocycles. The number of esters is 3. The standard InChI is InChI=1S/C57H94O6/c1-4-7-10-13-16-19-22-24-26-28-30-32-35-38-41-44-47-50-56(59)62-53-54(52-61-55(58)49-46-43-40-37-34-21-18-15-12-9-6-3)63-57(60)51-48-45-42-39-36-33-31-29-27-25-23-20-17-14-11-8-5-2/h15,17-18,20,24-27,30-33,38-39,41-42,54H,4-14,16,19,21-23,28-29,34-37,40,43-53H2,1-3H3/b18-15-,20-17-,26-24-,27-25-,32-30-,33-31-,41-38-,42-39-/t54-/m0/s1. The number of allylic oxidation sites excluding steroid dienone is 16. The van der Waals surface area contributed by atoms with E-state index in [2.05, 4.69) is 118 Å². The molecular formula is C57H94O6. The summed E-state index contributed by atoms with van der Waals surface area (Å²) in [4.78, 5) is 37.9. The summed E-state index contributed by atoms with van der Waals surface area (Å²) in [5, 5.41) is 0. The van der Waals surface area contributed by atoms with Crippen LogP contribution in [0.3, 0.4) is 0 Å². The highest BCUT2D eigenvalue weighted by molar-refractivity contribution is 5.71. The van der Waals surface area contributed by atoms with E-state index in [-0.39, 0.29) is 44.0 Å². The van der Waals surface area contributed by atoms with Crippen molar-refractivity contribution in [1.82, 2.24) is 0 Å². The molecule has 1 atom stereocenters. The van der Waals surface area contributed by atoms with E-state index in [1.807, 2.05) is 0 Å². The third kappa shape index (κ3) is 49.2. The molecule has 6 nitrogen and oxygen atoms in total. The van der Waals surface area contributed by atoms with Crippen LogP contribution < -0.4 is 0 Å². The Morgan fingerprint density at radius 1 is 0.317 bits per heavy atom. The van der Waals surface area contributed by atoms with Gasteiger partial charge in [0.25, 0.3) is 0 Å². The predicted molar refractivity (Wildman–Crippen MR) is 270 cm³/mol. The first kappa shape index (κ1) is 59.3. The van der Waals surface area contributed by atoms with Gasteiger partial charge < -0.3 is 14.2 Å². The minimum Gasteiger partial charge on any atom is -0.462 e. The number of carbonyl (C=O) groups excluding carboxylic acids is 3. The molecular weight excluding hydrogens is 781 g/mol. The molecule has 0 bridgehead atoms. The zero-order valence-corrected chi connectivity index (χ0v) is 40.8. The Hall–Kier alpha value is -3.67. The van der Waals surface area contributed by atoms with Gasteiger partial charge in [-0.15, -0.1) is 0 Å². The molecule has 0 saturated carbocycles. The van der Waals surface area contributed by atoms with Crippen LogP contribution in [0.2, 0.25) is 0 Å². The van der Waals surface area contributed by atoms with E-state index in [0.29, 0.717) is 19.3 Å². The summed E-state index contributed by atoms with van der Waals surface area (Å²) in [6.45, 7) is 6.45. The number of hydrogen-bond acceptors (Lipinski definition) is 6. The Bertz CT molecular complexity index is 1280. The molecule has 63 heavy (non-hydrogen) atoms. The zero-order chi connectivity index (χ0) is 45.8. The maximum Gasteiger partial charge on any atom is 0.306 e. The van der Waals surface area contributed by atoms with E-state index in [4.69, 9.17) is 14.2 Å². The molecule has 0 fully saturated rings. The fraction of sp³-hybridized carbons (Fsp3) is 0.667. The van der Waals surface area contributed by atoms with Crippen LogP contribution >= 0.6 is 0 Å². The van der Waals surface area contributed by atoms with E-state index >= 15 is 0 Å². The van der Waals surface area contributed by atoms with Gasteiger partial charge >= 0.3 is 17.9 Å². The summed E-state index contributed by atoms with van der Waals surface area (Å²) < 4.78 is 16.7. The SMILES string of the molecule is CCCC/C=C\CCCCCCCC(=O)OC[C@@H](COC(=O)CCC/C=C\C/C=C\C/C=C\CCCCCCCC)OC(=O)CCC/C=C\C/C=C\C/C=C\C/C=C\CCCCC. The van der Waals surface area contributed by atoms with Crippen LogP contribution in [-0.2, 0) is 28.6 Å². The number of hydrogen-bond donors (Lipinski definition) is 0. The van der Waals surface area contributed by atoms with Crippen molar-refractivity contribution in [2.45, 2.75) is 232 Å². The molecule has 0 radical (unpaired) electrons. The molecule has 0 aromatic rings. The lowest BCUT2D eigenvalue weighted by Crippen LogP contribution is -2.30. The fourth-order valence-electron chi connectivity index (χ4n) is 6.61. The van der Waals surface area contributed by atoms with Crippen LogP contribution in [0.5, 0.6) is 0 Å². The first-order chi connectivity index (χ1) is 31.0.